The maximum atomic E-state index is 10.9. The van der Waals surface area contributed by atoms with Gasteiger partial charge in [-0.2, -0.15) is 0 Å². The number of ether oxygens (including phenoxy) is 1. The Balaban J connectivity index is 3.51. The molecule has 0 heterocycles. The predicted octanol–water partition coefficient (Wildman–Crippen LogP) is 6.13. The average Bonchev–Trinajstić information content (AvgIpc) is 2.41. The molecule has 0 bridgehead atoms. The fraction of sp³-hybridized carbons (Fsp3) is 0.947. The highest BCUT2D eigenvalue weighted by molar-refractivity contribution is 5.66. The van der Waals surface area contributed by atoms with Gasteiger partial charge in [0.15, 0.2) is 0 Å². The summed E-state index contributed by atoms with van der Waals surface area (Å²) in [4.78, 5) is 10.9. The van der Waals surface area contributed by atoms with E-state index in [9.17, 15) is 4.79 Å². The predicted molar refractivity (Wildman–Crippen MR) is 91.4 cm³/mol. The first-order valence-corrected chi connectivity index (χ1v) is 9.14. The lowest BCUT2D eigenvalue weighted by Crippen LogP contribution is -2.20. The van der Waals surface area contributed by atoms with Crippen LogP contribution in [0.3, 0.4) is 0 Å². The Morgan fingerprint density at radius 2 is 1.43 bits per heavy atom. The number of hydrogen-bond donors (Lipinski definition) is 0. The second-order valence-corrected chi connectivity index (χ2v) is 6.88. The van der Waals surface area contributed by atoms with Crippen LogP contribution in [0.2, 0.25) is 0 Å². The van der Waals surface area contributed by atoms with E-state index >= 15 is 0 Å². The number of carbonyl (C=O) groups is 1. The zero-order valence-electron chi connectivity index (χ0n) is 15.1. The molecule has 0 aromatic rings. The topological polar surface area (TPSA) is 26.3 Å². The molecule has 0 spiro atoms. The van der Waals surface area contributed by atoms with Crippen LogP contribution in [-0.4, -0.2) is 12.1 Å². The molecule has 21 heavy (non-hydrogen) atoms. The van der Waals surface area contributed by atoms with Crippen LogP contribution in [0.25, 0.3) is 0 Å². The minimum absolute atomic E-state index is 0.0522. The monoisotopic (exact) mass is 298 g/mol. The first-order valence-electron chi connectivity index (χ1n) is 9.14. The molecule has 0 aromatic heterocycles. The molecule has 3 atom stereocenters. The van der Waals surface area contributed by atoms with E-state index in [0.717, 1.165) is 12.3 Å². The molecule has 0 aliphatic heterocycles. The smallest absolute Gasteiger partial charge is 0.302 e. The molecular weight excluding hydrogens is 260 g/mol. The van der Waals surface area contributed by atoms with Crippen molar-refractivity contribution >= 4 is 5.97 Å². The highest BCUT2D eigenvalue weighted by Crippen LogP contribution is 2.21. The fourth-order valence-electron chi connectivity index (χ4n) is 2.82. The molecule has 0 rings (SSSR count). The van der Waals surface area contributed by atoms with Gasteiger partial charge in [0.1, 0.15) is 6.10 Å². The van der Waals surface area contributed by atoms with E-state index in [4.69, 9.17) is 4.74 Å². The molecule has 3 unspecified atom stereocenters. The highest BCUT2D eigenvalue weighted by atomic mass is 16.5. The quantitative estimate of drug-likeness (QED) is 0.302. The number of hydrogen-bond acceptors (Lipinski definition) is 2. The van der Waals surface area contributed by atoms with Crippen molar-refractivity contribution in [3.05, 3.63) is 0 Å². The van der Waals surface area contributed by atoms with Crippen LogP contribution in [0.15, 0.2) is 0 Å². The summed E-state index contributed by atoms with van der Waals surface area (Å²) in [6.07, 6.45) is 13.5. The van der Waals surface area contributed by atoms with Gasteiger partial charge in [-0.15, -0.1) is 0 Å². The largest absolute Gasteiger partial charge is 0.463 e. The number of esters is 1. The van der Waals surface area contributed by atoms with Crippen molar-refractivity contribution in [1.82, 2.24) is 0 Å². The zero-order valence-corrected chi connectivity index (χ0v) is 15.1. The van der Waals surface area contributed by atoms with E-state index in [1.54, 1.807) is 0 Å². The molecule has 126 valence electrons. The molecule has 0 aliphatic rings. The van der Waals surface area contributed by atoms with Gasteiger partial charge in [-0.3, -0.25) is 4.79 Å². The van der Waals surface area contributed by atoms with Crippen molar-refractivity contribution in [3.8, 4) is 0 Å². The van der Waals surface area contributed by atoms with Crippen molar-refractivity contribution in [3.63, 3.8) is 0 Å². The van der Waals surface area contributed by atoms with Gasteiger partial charge >= 0.3 is 5.97 Å². The van der Waals surface area contributed by atoms with Gasteiger partial charge in [0, 0.05) is 6.92 Å². The third kappa shape index (κ3) is 12.9. The van der Waals surface area contributed by atoms with Gasteiger partial charge in [0.05, 0.1) is 0 Å². The van der Waals surface area contributed by atoms with E-state index in [1.165, 1.54) is 64.7 Å². The summed E-state index contributed by atoms with van der Waals surface area (Å²) in [6.45, 7) is 10.3. The molecule has 0 N–H and O–H groups in total. The van der Waals surface area contributed by atoms with Gasteiger partial charge in [-0.1, -0.05) is 78.6 Å². The fourth-order valence-corrected chi connectivity index (χ4v) is 2.82. The molecule has 0 saturated heterocycles. The Morgan fingerprint density at radius 1 is 0.857 bits per heavy atom. The summed E-state index contributed by atoms with van der Waals surface area (Å²) in [5.74, 6) is 1.15. The van der Waals surface area contributed by atoms with Gasteiger partial charge in [0.25, 0.3) is 0 Å². The second kappa shape index (κ2) is 13.2. The standard InChI is InChI=1S/C19H38O2/c1-6-7-8-9-10-11-13-16(2)14-12-15-17(3)18(4)21-19(5)20/h16-18H,6-15H2,1-5H3. The van der Waals surface area contributed by atoms with Crippen LogP contribution in [0.1, 0.15) is 98.8 Å². The molecule has 0 saturated carbocycles. The Hall–Kier alpha value is -0.530. The summed E-state index contributed by atoms with van der Waals surface area (Å²) >= 11 is 0. The summed E-state index contributed by atoms with van der Waals surface area (Å²) < 4.78 is 5.24. The van der Waals surface area contributed by atoms with Crippen LogP contribution in [0.4, 0.5) is 0 Å². The van der Waals surface area contributed by atoms with E-state index in [-0.39, 0.29) is 12.1 Å². The average molecular weight is 299 g/mol. The third-order valence-electron chi connectivity index (χ3n) is 4.56. The van der Waals surface area contributed by atoms with Crippen LogP contribution < -0.4 is 0 Å². The third-order valence-corrected chi connectivity index (χ3v) is 4.56. The second-order valence-electron chi connectivity index (χ2n) is 6.88. The molecule has 0 aromatic carbocycles. The summed E-state index contributed by atoms with van der Waals surface area (Å²) in [5.41, 5.74) is 0. The molecule has 2 heteroatoms. The first-order chi connectivity index (χ1) is 9.97. The molecule has 0 fully saturated rings. The van der Waals surface area contributed by atoms with Crippen molar-refractivity contribution in [1.29, 1.82) is 0 Å². The van der Waals surface area contributed by atoms with Crippen molar-refractivity contribution < 1.29 is 9.53 Å². The highest BCUT2D eigenvalue weighted by Gasteiger charge is 2.15. The van der Waals surface area contributed by atoms with Crippen LogP contribution in [-0.2, 0) is 9.53 Å². The van der Waals surface area contributed by atoms with Crippen LogP contribution in [0, 0.1) is 11.8 Å². The van der Waals surface area contributed by atoms with E-state index in [2.05, 4.69) is 20.8 Å². The summed E-state index contributed by atoms with van der Waals surface area (Å²) in [6, 6.07) is 0. The summed E-state index contributed by atoms with van der Waals surface area (Å²) in [5, 5.41) is 0. The Labute approximate surface area is 133 Å². The van der Waals surface area contributed by atoms with Gasteiger partial charge in [-0.05, 0) is 25.2 Å². The lowest BCUT2D eigenvalue weighted by Gasteiger charge is -2.20. The maximum Gasteiger partial charge on any atom is 0.302 e. The zero-order chi connectivity index (χ0) is 16.1. The Bertz CT molecular complexity index is 250. The molecule has 2 nitrogen and oxygen atoms in total. The minimum Gasteiger partial charge on any atom is -0.463 e. The van der Waals surface area contributed by atoms with Gasteiger partial charge < -0.3 is 4.74 Å². The lowest BCUT2D eigenvalue weighted by atomic mass is 9.92. The molecule has 0 aliphatic carbocycles. The van der Waals surface area contributed by atoms with E-state index in [1.807, 2.05) is 6.92 Å². The number of carbonyl (C=O) groups excluding carboxylic acids is 1. The van der Waals surface area contributed by atoms with Crippen molar-refractivity contribution in [2.75, 3.05) is 0 Å². The summed E-state index contributed by atoms with van der Waals surface area (Å²) in [7, 11) is 0. The van der Waals surface area contributed by atoms with Crippen molar-refractivity contribution in [2.24, 2.45) is 11.8 Å². The van der Waals surface area contributed by atoms with Gasteiger partial charge in [0.2, 0.25) is 0 Å². The Morgan fingerprint density at radius 3 is 2.05 bits per heavy atom. The molecule has 0 amide bonds. The van der Waals surface area contributed by atoms with E-state index < -0.39 is 0 Å². The number of rotatable bonds is 13. The maximum absolute atomic E-state index is 10.9. The number of unbranched alkanes of at least 4 members (excludes halogenated alkanes) is 5. The Kier molecular flexibility index (Phi) is 12.8. The molecule has 0 radical (unpaired) electrons. The van der Waals surface area contributed by atoms with Gasteiger partial charge in [-0.25, -0.2) is 0 Å². The first kappa shape index (κ1) is 20.5. The van der Waals surface area contributed by atoms with Crippen LogP contribution >= 0.6 is 0 Å². The van der Waals surface area contributed by atoms with Crippen LogP contribution in [0.5, 0.6) is 0 Å². The normalized spacial score (nSPS) is 15.5. The lowest BCUT2D eigenvalue weighted by molar-refractivity contribution is -0.147. The van der Waals surface area contributed by atoms with E-state index in [0.29, 0.717) is 5.92 Å². The minimum atomic E-state index is -0.161. The van der Waals surface area contributed by atoms with Crippen molar-refractivity contribution in [2.45, 2.75) is 105 Å². The molecular formula is C19H38O2. The SMILES string of the molecule is CCCCCCCCC(C)CCCC(C)C(C)OC(C)=O.